The second-order valence-electron chi connectivity index (χ2n) is 9.23. The molecule has 1 aliphatic rings. The van der Waals surface area contributed by atoms with Crippen LogP contribution in [-0.4, -0.2) is 52.0 Å². The third-order valence-electron chi connectivity index (χ3n) is 6.38. The fraction of sp³-hybridized carbons (Fsp3) is 0.346. The molecule has 10 nitrogen and oxygen atoms in total. The molecule has 2 amide bonds. The number of piperidine rings is 1. The Hall–Kier alpha value is -3.54. The van der Waals surface area contributed by atoms with Gasteiger partial charge in [-0.15, -0.1) is 0 Å². The monoisotopic (exact) mass is 526 g/mol. The fourth-order valence-corrected chi connectivity index (χ4v) is 5.29. The summed E-state index contributed by atoms with van der Waals surface area (Å²) < 4.78 is 33.1. The minimum atomic E-state index is -3.72. The van der Waals surface area contributed by atoms with Crippen molar-refractivity contribution in [1.29, 1.82) is 0 Å². The van der Waals surface area contributed by atoms with Crippen LogP contribution < -0.4 is 26.1 Å². The zero-order chi connectivity index (χ0) is 26.6. The lowest BCUT2D eigenvalue weighted by Gasteiger charge is -2.36. The third kappa shape index (κ3) is 6.07. The smallest absolute Gasteiger partial charge is 0.288 e. The predicted octanol–water partition coefficient (Wildman–Crippen LogP) is 1.36. The van der Waals surface area contributed by atoms with Gasteiger partial charge in [0.05, 0.1) is 10.3 Å². The second kappa shape index (κ2) is 10.8. The third-order valence-corrected chi connectivity index (χ3v) is 7.86. The molecule has 1 saturated heterocycles. The molecule has 2 aromatic carbocycles. The minimum Gasteiger partial charge on any atom is -0.451 e. The first-order chi connectivity index (χ1) is 17.6. The van der Waals surface area contributed by atoms with Gasteiger partial charge in [0, 0.05) is 19.2 Å². The van der Waals surface area contributed by atoms with Crippen LogP contribution in [0, 0.1) is 13.8 Å². The number of carbonyl (C=O) groups excluding carboxylic acids is 2. The number of sulfonamides is 1. The zero-order valence-electron chi connectivity index (χ0n) is 20.7. The van der Waals surface area contributed by atoms with Crippen molar-refractivity contribution in [3.05, 3.63) is 75.6 Å². The molecule has 2 heterocycles. The van der Waals surface area contributed by atoms with E-state index in [1.807, 2.05) is 13.8 Å². The quantitative estimate of drug-likeness (QED) is 0.324. The number of rotatable bonds is 8. The summed E-state index contributed by atoms with van der Waals surface area (Å²) >= 11 is 0. The van der Waals surface area contributed by atoms with E-state index in [0.29, 0.717) is 31.3 Å². The highest BCUT2D eigenvalue weighted by Gasteiger charge is 2.41. The summed E-state index contributed by atoms with van der Waals surface area (Å²) in [5.41, 5.74) is 0.536. The van der Waals surface area contributed by atoms with E-state index < -0.39 is 27.4 Å². The number of fused-ring (bicyclic) bond motifs is 1. The Labute approximate surface area is 214 Å². The largest absolute Gasteiger partial charge is 0.451 e. The normalized spacial score (nSPS) is 15.3. The Morgan fingerprint density at radius 3 is 2.35 bits per heavy atom. The highest BCUT2D eigenvalue weighted by molar-refractivity contribution is 7.89. The van der Waals surface area contributed by atoms with E-state index in [4.69, 9.17) is 4.42 Å². The average Bonchev–Trinajstić information content (AvgIpc) is 2.87. The highest BCUT2D eigenvalue weighted by atomic mass is 32.2. The molecule has 0 spiro atoms. The van der Waals surface area contributed by atoms with Gasteiger partial charge in [0.1, 0.15) is 11.1 Å². The van der Waals surface area contributed by atoms with Crippen LogP contribution in [0.25, 0.3) is 11.0 Å². The lowest BCUT2D eigenvalue weighted by molar-refractivity contribution is -0.128. The summed E-state index contributed by atoms with van der Waals surface area (Å²) in [7, 11) is -3.72. The molecule has 0 saturated carbocycles. The van der Waals surface area contributed by atoms with Crippen molar-refractivity contribution in [1.82, 2.24) is 20.7 Å². The number of carbonyl (C=O) groups is 2. The molecule has 0 aliphatic carbocycles. The van der Waals surface area contributed by atoms with Crippen LogP contribution in [0.1, 0.15) is 34.5 Å². The molecule has 0 bridgehead atoms. The Morgan fingerprint density at radius 1 is 0.973 bits per heavy atom. The Morgan fingerprint density at radius 2 is 1.65 bits per heavy atom. The molecule has 0 unspecified atom stereocenters. The van der Waals surface area contributed by atoms with Crippen molar-refractivity contribution in [3.8, 4) is 0 Å². The van der Waals surface area contributed by atoms with Crippen LogP contribution in [0.2, 0.25) is 0 Å². The molecule has 0 atom stereocenters. The van der Waals surface area contributed by atoms with Crippen molar-refractivity contribution in [2.24, 2.45) is 0 Å². The number of amides is 2. The summed E-state index contributed by atoms with van der Waals surface area (Å²) in [6.07, 6.45) is 0.632. The average molecular weight is 527 g/mol. The van der Waals surface area contributed by atoms with Crippen LogP contribution in [-0.2, 0) is 14.8 Å². The maximum Gasteiger partial charge on any atom is 0.288 e. The van der Waals surface area contributed by atoms with Gasteiger partial charge >= 0.3 is 0 Å². The highest BCUT2D eigenvalue weighted by Crippen LogP contribution is 2.21. The summed E-state index contributed by atoms with van der Waals surface area (Å²) in [5, 5.41) is 9.04. The van der Waals surface area contributed by atoms with Crippen LogP contribution in [0.15, 0.2) is 62.6 Å². The maximum atomic E-state index is 13.2. The molecular weight excluding hydrogens is 496 g/mol. The number of hydrogen-bond donors (Lipinski definition) is 4. The van der Waals surface area contributed by atoms with Gasteiger partial charge in [-0.3, -0.25) is 14.4 Å². The van der Waals surface area contributed by atoms with E-state index in [0.717, 1.165) is 17.2 Å². The van der Waals surface area contributed by atoms with Crippen molar-refractivity contribution >= 4 is 32.8 Å². The number of hydrogen-bond acceptors (Lipinski definition) is 7. The summed E-state index contributed by atoms with van der Waals surface area (Å²) in [4.78, 5) is 39.0. The Kier molecular flexibility index (Phi) is 7.76. The molecule has 1 aliphatic heterocycles. The van der Waals surface area contributed by atoms with Crippen molar-refractivity contribution in [3.63, 3.8) is 0 Å². The zero-order valence-corrected chi connectivity index (χ0v) is 21.5. The van der Waals surface area contributed by atoms with Crippen LogP contribution in [0.3, 0.4) is 0 Å². The predicted molar refractivity (Wildman–Crippen MR) is 139 cm³/mol. The molecule has 1 fully saturated rings. The van der Waals surface area contributed by atoms with E-state index in [-0.39, 0.29) is 34.8 Å². The van der Waals surface area contributed by atoms with Crippen LogP contribution >= 0.6 is 0 Å². The minimum absolute atomic E-state index is 0.0246. The van der Waals surface area contributed by atoms with Crippen LogP contribution in [0.5, 0.6) is 0 Å². The van der Waals surface area contributed by atoms with Crippen molar-refractivity contribution in [2.45, 2.75) is 37.1 Å². The summed E-state index contributed by atoms with van der Waals surface area (Å²) in [6, 6.07) is 12.7. The van der Waals surface area contributed by atoms with E-state index in [9.17, 15) is 22.8 Å². The van der Waals surface area contributed by atoms with Gasteiger partial charge < -0.3 is 20.4 Å². The van der Waals surface area contributed by atoms with E-state index >= 15 is 0 Å². The first-order valence-corrected chi connectivity index (χ1v) is 13.5. The lowest BCUT2D eigenvalue weighted by Crippen LogP contribution is -2.63. The molecule has 196 valence electrons. The van der Waals surface area contributed by atoms with E-state index in [2.05, 4.69) is 20.7 Å². The SMILES string of the molecule is Cc1ccc(S(=O)(=O)NCCNC(=O)C2(NC(=O)c3cc(=O)c4cc(C)ccc4o3)CCNCC2)cc1. The van der Waals surface area contributed by atoms with Gasteiger partial charge in [-0.05, 0) is 64.0 Å². The second-order valence-corrected chi connectivity index (χ2v) is 11.0. The summed E-state index contributed by atoms with van der Waals surface area (Å²) in [6.45, 7) is 4.71. The number of benzene rings is 2. The van der Waals surface area contributed by atoms with Gasteiger partial charge in [0.15, 0.2) is 11.2 Å². The van der Waals surface area contributed by atoms with Gasteiger partial charge in [0.25, 0.3) is 5.91 Å². The summed E-state index contributed by atoms with van der Waals surface area (Å²) in [5.74, 6) is -1.29. The van der Waals surface area contributed by atoms with Gasteiger partial charge in [-0.1, -0.05) is 29.3 Å². The molecule has 0 radical (unpaired) electrons. The van der Waals surface area contributed by atoms with E-state index in [1.54, 1.807) is 30.3 Å². The molecule has 4 rings (SSSR count). The molecule has 3 aromatic rings. The topological polar surface area (TPSA) is 147 Å². The van der Waals surface area contributed by atoms with Gasteiger partial charge in [-0.25, -0.2) is 13.1 Å². The molecular formula is C26H30N4O6S. The lowest BCUT2D eigenvalue weighted by atomic mass is 9.87. The first-order valence-electron chi connectivity index (χ1n) is 12.0. The van der Waals surface area contributed by atoms with E-state index in [1.165, 1.54) is 12.1 Å². The number of nitrogens with one attached hydrogen (secondary N) is 4. The molecule has 1 aromatic heterocycles. The van der Waals surface area contributed by atoms with Crippen molar-refractivity contribution in [2.75, 3.05) is 26.2 Å². The standard InChI is InChI=1S/C26H30N4O6S/c1-17-3-6-19(7-4-17)37(34,35)29-14-13-28-25(33)26(9-11-27-12-10-26)30-24(32)23-16-21(31)20-15-18(2)5-8-22(20)36-23/h3-8,15-16,27,29H,9-14H2,1-2H3,(H,28,33)(H,30,32). The number of aryl methyl sites for hydroxylation is 2. The molecule has 11 heteroatoms. The Balaban J connectivity index is 1.43. The fourth-order valence-electron chi connectivity index (χ4n) is 4.25. The molecule has 37 heavy (non-hydrogen) atoms. The van der Waals surface area contributed by atoms with Gasteiger partial charge in [0.2, 0.25) is 15.9 Å². The Bertz CT molecular complexity index is 1480. The van der Waals surface area contributed by atoms with Crippen LogP contribution in [0.4, 0.5) is 0 Å². The molecule has 4 N–H and O–H groups in total. The maximum absolute atomic E-state index is 13.2. The first kappa shape index (κ1) is 26.5. The van der Waals surface area contributed by atoms with Gasteiger partial charge in [-0.2, -0.15) is 0 Å². The van der Waals surface area contributed by atoms with Crippen molar-refractivity contribution < 1.29 is 22.4 Å².